The Bertz CT molecular complexity index is 880. The van der Waals surface area contributed by atoms with Gasteiger partial charge in [0, 0.05) is 39.1 Å². The number of aromatic amines is 1. The van der Waals surface area contributed by atoms with E-state index in [-0.39, 0.29) is 11.9 Å². The van der Waals surface area contributed by atoms with Crippen LogP contribution in [-0.2, 0) is 11.2 Å². The van der Waals surface area contributed by atoms with Crippen LogP contribution in [0.25, 0.3) is 21.8 Å². The van der Waals surface area contributed by atoms with Crippen molar-refractivity contribution in [2.45, 2.75) is 19.4 Å². The highest BCUT2D eigenvalue weighted by Gasteiger charge is 2.22. The molecule has 1 saturated heterocycles. The van der Waals surface area contributed by atoms with Gasteiger partial charge >= 0.3 is 0 Å². The molecule has 1 fully saturated rings. The highest BCUT2D eigenvalue weighted by atomic mass is 32.2. The summed E-state index contributed by atoms with van der Waals surface area (Å²) in [4.78, 5) is 15.7. The third-order valence-electron chi connectivity index (χ3n) is 4.40. The molecule has 2 heterocycles. The van der Waals surface area contributed by atoms with E-state index in [0.29, 0.717) is 0 Å². The fraction of sp³-hybridized carbons (Fsp3) is 0.278. The predicted molar refractivity (Wildman–Crippen MR) is 98.1 cm³/mol. The number of aromatic nitrogens is 1. The molecule has 1 aliphatic rings. The largest absolute Gasteiger partial charge is 0.354 e. The van der Waals surface area contributed by atoms with Gasteiger partial charge in [0.2, 0.25) is 5.91 Å². The van der Waals surface area contributed by atoms with Crippen LogP contribution in [0.3, 0.4) is 0 Å². The molecule has 3 aromatic rings. The second-order valence-corrected chi connectivity index (χ2v) is 6.87. The molecule has 118 valence electrons. The van der Waals surface area contributed by atoms with Crippen molar-refractivity contribution in [2.24, 2.45) is 0 Å². The number of amides is 1. The Kier molecular flexibility index (Phi) is 3.75. The van der Waals surface area contributed by atoms with Gasteiger partial charge in [-0.2, -0.15) is 0 Å². The first-order chi connectivity index (χ1) is 11.3. The fourth-order valence-corrected chi connectivity index (χ4v) is 4.10. The third kappa shape index (κ3) is 2.60. The topological polar surface area (TPSA) is 56.9 Å². The van der Waals surface area contributed by atoms with Crippen molar-refractivity contribution in [1.82, 2.24) is 10.3 Å². The molecule has 4 nitrogen and oxygen atoms in total. The van der Waals surface area contributed by atoms with Crippen LogP contribution in [0, 0.1) is 0 Å². The molecule has 23 heavy (non-hydrogen) atoms. The Hall–Kier alpha value is -1.98. The summed E-state index contributed by atoms with van der Waals surface area (Å²) < 4.78 is 0. The number of carbonyl (C=O) groups excluding carboxylic acids is 1. The molecule has 1 unspecified atom stereocenters. The van der Waals surface area contributed by atoms with Crippen LogP contribution in [0.4, 0.5) is 5.69 Å². The molecule has 1 amide bonds. The highest BCUT2D eigenvalue weighted by Crippen LogP contribution is 2.29. The molecule has 2 aromatic carbocycles. The lowest BCUT2D eigenvalue weighted by Crippen LogP contribution is -2.37. The van der Waals surface area contributed by atoms with E-state index in [0.717, 1.165) is 29.3 Å². The number of carbonyl (C=O) groups is 1. The van der Waals surface area contributed by atoms with Crippen molar-refractivity contribution in [2.75, 3.05) is 16.9 Å². The molecule has 1 aliphatic heterocycles. The number of hydrogen-bond donors (Lipinski definition) is 3. The summed E-state index contributed by atoms with van der Waals surface area (Å²) in [6.07, 6.45) is 0.999. The normalized spacial score (nSPS) is 17.9. The Balaban J connectivity index is 1.70. The Labute approximate surface area is 139 Å². The molecule has 1 atom stereocenters. The second-order valence-electron chi connectivity index (χ2n) is 5.84. The SMILES string of the molecule is CCc1cccc2c1[nH]c1cc(NC(=O)C3CSCN3)ccc12. The summed E-state index contributed by atoms with van der Waals surface area (Å²) in [7, 11) is 0. The number of para-hydroxylation sites is 1. The molecule has 5 heteroatoms. The molecule has 0 saturated carbocycles. The second kappa shape index (κ2) is 5.91. The number of nitrogens with one attached hydrogen (secondary N) is 3. The Morgan fingerprint density at radius 3 is 3.00 bits per heavy atom. The lowest BCUT2D eigenvalue weighted by Gasteiger charge is -2.10. The van der Waals surface area contributed by atoms with Crippen LogP contribution >= 0.6 is 11.8 Å². The van der Waals surface area contributed by atoms with E-state index in [9.17, 15) is 4.79 Å². The number of anilines is 1. The number of thioether (sulfide) groups is 1. The van der Waals surface area contributed by atoms with Crippen molar-refractivity contribution < 1.29 is 4.79 Å². The van der Waals surface area contributed by atoms with Crippen molar-refractivity contribution >= 4 is 45.2 Å². The van der Waals surface area contributed by atoms with Crippen LogP contribution in [0.1, 0.15) is 12.5 Å². The molecular weight excluding hydrogens is 306 g/mol. The zero-order valence-corrected chi connectivity index (χ0v) is 13.8. The third-order valence-corrected chi connectivity index (χ3v) is 5.34. The van der Waals surface area contributed by atoms with Gasteiger partial charge in [0.25, 0.3) is 0 Å². The Morgan fingerprint density at radius 1 is 1.30 bits per heavy atom. The highest BCUT2D eigenvalue weighted by molar-refractivity contribution is 7.99. The standard InChI is InChI=1S/C18H19N3OS/c1-2-11-4-3-5-14-13-7-6-12(8-15(13)21-17(11)14)20-18(22)16-9-23-10-19-16/h3-8,16,19,21H,2,9-10H2,1H3,(H,20,22). The molecule has 0 radical (unpaired) electrons. The minimum Gasteiger partial charge on any atom is -0.354 e. The van der Waals surface area contributed by atoms with Crippen molar-refractivity contribution in [1.29, 1.82) is 0 Å². The predicted octanol–water partition coefficient (Wildman–Crippen LogP) is 3.48. The lowest BCUT2D eigenvalue weighted by molar-refractivity contribution is -0.117. The zero-order chi connectivity index (χ0) is 15.8. The first-order valence-electron chi connectivity index (χ1n) is 7.91. The average Bonchev–Trinajstić information content (AvgIpc) is 3.21. The molecule has 1 aromatic heterocycles. The molecule has 0 bridgehead atoms. The first-order valence-corrected chi connectivity index (χ1v) is 9.07. The van der Waals surface area contributed by atoms with E-state index in [4.69, 9.17) is 0 Å². The minimum atomic E-state index is -0.0925. The van der Waals surface area contributed by atoms with Gasteiger partial charge in [-0.05, 0) is 24.1 Å². The molecule has 0 spiro atoms. The molecular formula is C18H19N3OS. The van der Waals surface area contributed by atoms with E-state index in [1.54, 1.807) is 11.8 Å². The van der Waals surface area contributed by atoms with Gasteiger partial charge < -0.3 is 10.3 Å². The molecule has 0 aliphatic carbocycles. The van der Waals surface area contributed by atoms with E-state index in [2.05, 4.69) is 46.8 Å². The van der Waals surface area contributed by atoms with Gasteiger partial charge in [-0.15, -0.1) is 11.8 Å². The lowest BCUT2D eigenvalue weighted by atomic mass is 10.1. The summed E-state index contributed by atoms with van der Waals surface area (Å²) in [5.74, 6) is 1.72. The van der Waals surface area contributed by atoms with E-state index < -0.39 is 0 Å². The van der Waals surface area contributed by atoms with Gasteiger partial charge in [-0.3, -0.25) is 10.1 Å². The van der Waals surface area contributed by atoms with Gasteiger partial charge in [0.05, 0.1) is 6.04 Å². The van der Waals surface area contributed by atoms with Gasteiger partial charge in [-0.1, -0.05) is 31.2 Å². The van der Waals surface area contributed by atoms with Crippen molar-refractivity contribution in [3.05, 3.63) is 42.0 Å². The number of aryl methyl sites for hydroxylation is 1. The van der Waals surface area contributed by atoms with Crippen molar-refractivity contribution in [3.63, 3.8) is 0 Å². The maximum Gasteiger partial charge on any atom is 0.242 e. The number of fused-ring (bicyclic) bond motifs is 3. The smallest absolute Gasteiger partial charge is 0.242 e. The number of H-pyrrole nitrogens is 1. The molecule has 4 rings (SSSR count). The monoisotopic (exact) mass is 325 g/mol. The summed E-state index contributed by atoms with van der Waals surface area (Å²) in [6, 6.07) is 12.4. The summed E-state index contributed by atoms with van der Waals surface area (Å²) in [6.45, 7) is 2.17. The Morgan fingerprint density at radius 2 is 2.22 bits per heavy atom. The minimum absolute atomic E-state index is 0.0414. The number of benzene rings is 2. The number of rotatable bonds is 3. The average molecular weight is 325 g/mol. The van der Waals surface area contributed by atoms with Crippen LogP contribution in [0.5, 0.6) is 0 Å². The summed E-state index contributed by atoms with van der Waals surface area (Å²) in [5.41, 5.74) is 4.41. The number of hydrogen-bond acceptors (Lipinski definition) is 3. The van der Waals surface area contributed by atoms with Gasteiger partial charge in [0.15, 0.2) is 0 Å². The van der Waals surface area contributed by atoms with E-state index >= 15 is 0 Å². The van der Waals surface area contributed by atoms with Crippen LogP contribution < -0.4 is 10.6 Å². The fourth-order valence-electron chi connectivity index (χ4n) is 3.15. The summed E-state index contributed by atoms with van der Waals surface area (Å²) >= 11 is 1.75. The van der Waals surface area contributed by atoms with Crippen molar-refractivity contribution in [3.8, 4) is 0 Å². The van der Waals surface area contributed by atoms with Crippen LogP contribution in [0.15, 0.2) is 36.4 Å². The van der Waals surface area contributed by atoms with E-state index in [1.165, 1.54) is 21.9 Å². The van der Waals surface area contributed by atoms with Crippen LogP contribution in [0.2, 0.25) is 0 Å². The summed E-state index contributed by atoms with van der Waals surface area (Å²) in [5, 5.41) is 8.65. The van der Waals surface area contributed by atoms with Crippen LogP contribution in [-0.4, -0.2) is 28.6 Å². The van der Waals surface area contributed by atoms with Gasteiger partial charge in [-0.25, -0.2) is 0 Å². The first kappa shape index (κ1) is 14.6. The molecule has 3 N–H and O–H groups in total. The quantitative estimate of drug-likeness (QED) is 0.691. The van der Waals surface area contributed by atoms with E-state index in [1.807, 2.05) is 12.1 Å². The zero-order valence-electron chi connectivity index (χ0n) is 13.0. The maximum absolute atomic E-state index is 12.2. The van der Waals surface area contributed by atoms with Gasteiger partial charge in [0.1, 0.15) is 0 Å². The maximum atomic E-state index is 12.2.